The van der Waals surface area contributed by atoms with Crippen molar-refractivity contribution in [3.05, 3.63) is 64.7 Å². The predicted octanol–water partition coefficient (Wildman–Crippen LogP) is -4.49. The minimum absolute atomic E-state index is 0. The number of rotatable bonds is 5. The largest absolute Gasteiger partial charge is 1.00 e. The van der Waals surface area contributed by atoms with Gasteiger partial charge in [0, 0.05) is 5.56 Å². The molecule has 0 N–H and O–H groups in total. The van der Waals surface area contributed by atoms with Gasteiger partial charge in [0.15, 0.2) is 0 Å². The molecule has 0 heterocycles. The van der Waals surface area contributed by atoms with E-state index < -0.39 is 6.16 Å². The molecule has 2 rings (SSSR count). The normalized spacial score (nSPS) is 8.72. The molecule has 0 amide bonds. The van der Waals surface area contributed by atoms with Crippen molar-refractivity contribution in [3.63, 3.8) is 0 Å². The van der Waals surface area contributed by atoms with Crippen molar-refractivity contribution in [2.24, 2.45) is 0 Å². The van der Waals surface area contributed by atoms with Crippen LogP contribution in [0.4, 0.5) is 4.79 Å². The van der Waals surface area contributed by atoms with Gasteiger partial charge >= 0.3 is 103 Å². The molecular formula is C18H18K2O5. The fourth-order valence-electron chi connectivity index (χ4n) is 2.14. The van der Waals surface area contributed by atoms with Gasteiger partial charge in [0.25, 0.3) is 0 Å². The Kier molecular flexibility index (Phi) is 17.2. The molecule has 0 saturated heterocycles. The molecule has 0 spiro atoms. The molecular weight excluding hydrogens is 374 g/mol. The Morgan fingerprint density at radius 2 is 1.68 bits per heavy atom. The monoisotopic (exact) mass is 392 g/mol. The maximum atomic E-state index is 10.9. The summed E-state index contributed by atoms with van der Waals surface area (Å²) in [6.07, 6.45) is -0.597. The molecule has 25 heavy (non-hydrogen) atoms. The number of aldehydes is 1. The van der Waals surface area contributed by atoms with E-state index in [2.05, 4.69) is 6.92 Å². The van der Waals surface area contributed by atoms with E-state index in [0.29, 0.717) is 12.2 Å². The molecule has 0 fully saturated rings. The van der Waals surface area contributed by atoms with Gasteiger partial charge in [0.1, 0.15) is 18.6 Å². The Labute approximate surface area is 233 Å². The Bertz CT molecular complexity index is 656. The molecule has 5 nitrogen and oxygen atoms in total. The van der Waals surface area contributed by atoms with Gasteiger partial charge in [-0.2, -0.15) is 0 Å². The van der Waals surface area contributed by atoms with Crippen molar-refractivity contribution in [2.45, 2.75) is 26.9 Å². The maximum absolute atomic E-state index is 10.9. The number of hydrogen-bond donors (Lipinski definition) is 0. The molecule has 0 radical (unpaired) electrons. The molecule has 0 aromatic heterocycles. The summed E-state index contributed by atoms with van der Waals surface area (Å²) in [4.78, 5) is 19.2. The summed E-state index contributed by atoms with van der Waals surface area (Å²) in [6.45, 7) is 4.60. The molecule has 2 aromatic carbocycles. The van der Waals surface area contributed by atoms with Crippen LogP contribution in [0.2, 0.25) is 0 Å². The summed E-state index contributed by atoms with van der Waals surface area (Å²) < 4.78 is 5.93. The van der Waals surface area contributed by atoms with E-state index in [-0.39, 0.29) is 103 Å². The quantitative estimate of drug-likeness (QED) is 0.378. The Morgan fingerprint density at radius 1 is 1.12 bits per heavy atom. The van der Waals surface area contributed by atoms with Crippen molar-refractivity contribution < 1.29 is 127 Å². The SMILES string of the molecule is CCc1cc(C=O)cc(C)c1OCc1ccccc1.O=C([O-])[O-].[K+].[K+]. The second-order valence-corrected chi connectivity index (χ2v) is 4.82. The van der Waals surface area contributed by atoms with E-state index in [4.69, 9.17) is 19.7 Å². The molecule has 0 atom stereocenters. The van der Waals surface area contributed by atoms with Crippen molar-refractivity contribution in [1.29, 1.82) is 0 Å². The minimum atomic E-state index is -2.33. The van der Waals surface area contributed by atoms with Gasteiger partial charge in [-0.3, -0.25) is 4.79 Å². The predicted molar refractivity (Wildman–Crippen MR) is 82.1 cm³/mol. The van der Waals surface area contributed by atoms with Crippen molar-refractivity contribution in [1.82, 2.24) is 0 Å². The van der Waals surface area contributed by atoms with Crippen molar-refractivity contribution >= 4 is 12.4 Å². The van der Waals surface area contributed by atoms with Crippen LogP contribution in [0, 0.1) is 6.92 Å². The maximum Gasteiger partial charge on any atom is 1.00 e. The van der Waals surface area contributed by atoms with E-state index >= 15 is 0 Å². The van der Waals surface area contributed by atoms with Gasteiger partial charge in [-0.1, -0.05) is 37.3 Å². The first kappa shape index (κ1) is 27.7. The van der Waals surface area contributed by atoms with E-state index in [9.17, 15) is 4.79 Å². The molecule has 0 unspecified atom stereocenters. The number of carbonyl (C=O) groups is 2. The van der Waals surface area contributed by atoms with E-state index in [0.717, 1.165) is 35.1 Å². The third-order valence-electron chi connectivity index (χ3n) is 3.12. The number of ether oxygens (including phenoxy) is 1. The van der Waals surface area contributed by atoms with Gasteiger partial charge in [-0.05, 0) is 48.3 Å². The molecule has 7 heteroatoms. The van der Waals surface area contributed by atoms with Gasteiger partial charge < -0.3 is 19.7 Å². The molecule has 0 saturated carbocycles. The smallest absolute Gasteiger partial charge is 0.652 e. The van der Waals surface area contributed by atoms with E-state index in [1.807, 2.05) is 49.4 Å². The molecule has 0 bridgehead atoms. The third-order valence-corrected chi connectivity index (χ3v) is 3.12. The van der Waals surface area contributed by atoms with Gasteiger partial charge in [-0.25, -0.2) is 0 Å². The van der Waals surface area contributed by atoms with Crippen LogP contribution in [0.5, 0.6) is 5.75 Å². The standard InChI is InChI=1S/C17H18O2.CH2O3.2K/c1-3-16-10-15(11-18)9-13(2)17(16)19-12-14-7-5-4-6-8-14;2-1(3)4;;/h4-11H,3,12H2,1-2H3;(H2,2,3,4);;/q;;2*+1/p-2. The number of carboxylic acid groups (broad SMARTS) is 2. The molecule has 122 valence electrons. The Hall–Kier alpha value is 0.453. The van der Waals surface area contributed by atoms with Crippen LogP contribution in [0.15, 0.2) is 42.5 Å². The number of hydrogen-bond acceptors (Lipinski definition) is 5. The Morgan fingerprint density at radius 3 is 2.16 bits per heavy atom. The second kappa shape index (κ2) is 15.5. The second-order valence-electron chi connectivity index (χ2n) is 4.82. The summed E-state index contributed by atoms with van der Waals surface area (Å²) in [6, 6.07) is 13.9. The summed E-state index contributed by atoms with van der Waals surface area (Å²) in [7, 11) is 0. The van der Waals surface area contributed by atoms with Crippen LogP contribution in [-0.4, -0.2) is 12.4 Å². The summed E-state index contributed by atoms with van der Waals surface area (Å²) in [5, 5.41) is 16.7. The first-order chi connectivity index (χ1) is 11.0. The first-order valence-corrected chi connectivity index (χ1v) is 7.11. The number of aryl methyl sites for hydroxylation is 2. The Balaban J connectivity index is 0. The summed E-state index contributed by atoms with van der Waals surface area (Å²) in [5.41, 5.74) is 3.94. The van der Waals surface area contributed by atoms with Crippen LogP contribution in [0.1, 0.15) is 34.0 Å². The van der Waals surface area contributed by atoms with Crippen LogP contribution in [0.3, 0.4) is 0 Å². The number of carbonyl (C=O) groups excluding carboxylic acids is 2. The molecule has 2 aromatic rings. The topological polar surface area (TPSA) is 89.5 Å². The zero-order valence-corrected chi connectivity index (χ0v) is 21.3. The zero-order valence-electron chi connectivity index (χ0n) is 15.1. The zero-order chi connectivity index (χ0) is 17.2. The van der Waals surface area contributed by atoms with Gasteiger partial charge in [0.2, 0.25) is 0 Å². The molecule has 0 aliphatic heterocycles. The van der Waals surface area contributed by atoms with Gasteiger partial charge in [0.05, 0.1) is 0 Å². The van der Waals surface area contributed by atoms with E-state index in [1.54, 1.807) is 0 Å². The van der Waals surface area contributed by atoms with Crippen LogP contribution < -0.4 is 118 Å². The first-order valence-electron chi connectivity index (χ1n) is 7.11. The average molecular weight is 393 g/mol. The van der Waals surface area contributed by atoms with Crippen LogP contribution >= 0.6 is 0 Å². The van der Waals surface area contributed by atoms with Crippen molar-refractivity contribution in [3.8, 4) is 5.75 Å². The van der Waals surface area contributed by atoms with Crippen molar-refractivity contribution in [2.75, 3.05) is 0 Å². The molecule has 0 aliphatic rings. The summed E-state index contributed by atoms with van der Waals surface area (Å²) in [5.74, 6) is 0.900. The van der Waals surface area contributed by atoms with Gasteiger partial charge in [-0.15, -0.1) is 0 Å². The average Bonchev–Trinajstić information content (AvgIpc) is 2.53. The fraction of sp³-hybridized carbons (Fsp3) is 0.222. The minimum Gasteiger partial charge on any atom is -0.652 e. The third kappa shape index (κ3) is 11.0. The van der Waals surface area contributed by atoms with E-state index in [1.165, 1.54) is 0 Å². The van der Waals surface area contributed by atoms with Crippen LogP contribution in [0.25, 0.3) is 0 Å². The van der Waals surface area contributed by atoms with Crippen LogP contribution in [-0.2, 0) is 13.0 Å². The summed E-state index contributed by atoms with van der Waals surface area (Å²) >= 11 is 0. The molecule has 0 aliphatic carbocycles. The number of benzene rings is 2. The fourth-order valence-corrected chi connectivity index (χ4v) is 2.14.